The number of nitrogens with one attached hydrogen (secondary N) is 1. The monoisotopic (exact) mass is 476 g/mol. The molecule has 8 nitrogen and oxygen atoms in total. The van der Waals surface area contributed by atoms with Crippen molar-refractivity contribution in [2.45, 2.75) is 25.7 Å². The summed E-state index contributed by atoms with van der Waals surface area (Å²) in [7, 11) is 0. The summed E-state index contributed by atoms with van der Waals surface area (Å²) in [5.74, 6) is -1.10. The molecule has 9 heteroatoms. The van der Waals surface area contributed by atoms with Gasteiger partial charge in [0.15, 0.2) is 5.13 Å². The molecule has 0 spiro atoms. The Morgan fingerprint density at radius 2 is 1.82 bits per heavy atom. The molecule has 0 radical (unpaired) electrons. The predicted octanol–water partition coefficient (Wildman–Crippen LogP) is 3.55. The lowest BCUT2D eigenvalue weighted by molar-refractivity contribution is -0.134. The third-order valence-electron chi connectivity index (χ3n) is 6.44. The molecule has 1 atom stereocenters. The number of amides is 4. The van der Waals surface area contributed by atoms with E-state index in [9.17, 15) is 19.2 Å². The average molecular weight is 477 g/mol. The van der Waals surface area contributed by atoms with Crippen LogP contribution in [0.25, 0.3) is 10.8 Å². The number of anilines is 1. The van der Waals surface area contributed by atoms with Crippen LogP contribution in [0.1, 0.15) is 46.4 Å². The second-order valence-corrected chi connectivity index (χ2v) is 9.47. The van der Waals surface area contributed by atoms with E-state index >= 15 is 0 Å². The Morgan fingerprint density at radius 1 is 1.09 bits per heavy atom. The highest BCUT2D eigenvalue weighted by Gasteiger charge is 2.33. The van der Waals surface area contributed by atoms with Crippen molar-refractivity contribution in [3.63, 3.8) is 0 Å². The van der Waals surface area contributed by atoms with Gasteiger partial charge in [-0.3, -0.25) is 24.1 Å². The number of hydrogen-bond donors (Lipinski definition) is 1. The summed E-state index contributed by atoms with van der Waals surface area (Å²) < 4.78 is 0. The SMILES string of the molecule is O=C(Nc1nccs1)C1CCCN(C(=O)CCCN2C(=O)c3cccc4cccc(c34)C2=O)C1. The first-order chi connectivity index (χ1) is 16.5. The molecular formula is C25H24N4O4S. The van der Waals surface area contributed by atoms with Crippen LogP contribution in [0.2, 0.25) is 0 Å². The van der Waals surface area contributed by atoms with Gasteiger partial charge in [0.25, 0.3) is 11.8 Å². The quantitative estimate of drug-likeness (QED) is 0.549. The fraction of sp³-hybridized carbons (Fsp3) is 0.320. The predicted molar refractivity (Wildman–Crippen MR) is 129 cm³/mol. The van der Waals surface area contributed by atoms with Gasteiger partial charge in [-0.25, -0.2) is 4.98 Å². The molecular weight excluding hydrogens is 452 g/mol. The molecule has 2 aliphatic heterocycles. The molecule has 174 valence electrons. The zero-order valence-corrected chi connectivity index (χ0v) is 19.3. The van der Waals surface area contributed by atoms with Crippen molar-refractivity contribution in [1.29, 1.82) is 0 Å². The van der Waals surface area contributed by atoms with Gasteiger partial charge >= 0.3 is 0 Å². The summed E-state index contributed by atoms with van der Waals surface area (Å²) in [6.07, 6.45) is 3.70. The summed E-state index contributed by atoms with van der Waals surface area (Å²) in [5, 5.41) is 6.73. The summed E-state index contributed by atoms with van der Waals surface area (Å²) in [6, 6.07) is 10.9. The molecule has 2 aromatic carbocycles. The van der Waals surface area contributed by atoms with Crippen LogP contribution in [0.15, 0.2) is 48.0 Å². The minimum atomic E-state index is -0.321. The van der Waals surface area contributed by atoms with E-state index in [1.807, 2.05) is 24.3 Å². The van der Waals surface area contributed by atoms with Crippen LogP contribution in [-0.2, 0) is 9.59 Å². The number of thiazole rings is 1. The largest absolute Gasteiger partial charge is 0.342 e. The molecule has 4 amide bonds. The zero-order chi connectivity index (χ0) is 23.7. The Kier molecular flexibility index (Phi) is 6.10. The van der Waals surface area contributed by atoms with Crippen molar-refractivity contribution in [1.82, 2.24) is 14.8 Å². The van der Waals surface area contributed by atoms with Crippen molar-refractivity contribution in [3.05, 3.63) is 59.1 Å². The van der Waals surface area contributed by atoms with Crippen LogP contribution in [0.3, 0.4) is 0 Å². The Bertz CT molecular complexity index is 1220. The molecule has 1 saturated heterocycles. The normalized spacial score (nSPS) is 17.8. The summed E-state index contributed by atoms with van der Waals surface area (Å²) in [6.45, 7) is 1.15. The van der Waals surface area contributed by atoms with Gasteiger partial charge in [0.2, 0.25) is 11.8 Å². The van der Waals surface area contributed by atoms with Gasteiger partial charge in [0.1, 0.15) is 0 Å². The van der Waals surface area contributed by atoms with E-state index in [0.29, 0.717) is 41.2 Å². The van der Waals surface area contributed by atoms with Crippen LogP contribution in [0.4, 0.5) is 5.13 Å². The lowest BCUT2D eigenvalue weighted by Gasteiger charge is -2.32. The second-order valence-electron chi connectivity index (χ2n) is 8.58. The highest BCUT2D eigenvalue weighted by Crippen LogP contribution is 2.30. The van der Waals surface area contributed by atoms with E-state index in [1.165, 1.54) is 16.2 Å². The number of carbonyl (C=O) groups excluding carboxylic acids is 4. The first kappa shape index (κ1) is 22.2. The van der Waals surface area contributed by atoms with Crippen LogP contribution in [0, 0.1) is 5.92 Å². The number of nitrogens with zero attached hydrogens (tertiary/aromatic N) is 3. The van der Waals surface area contributed by atoms with E-state index in [1.54, 1.807) is 28.6 Å². The summed E-state index contributed by atoms with van der Waals surface area (Å²) in [4.78, 5) is 58.4. The summed E-state index contributed by atoms with van der Waals surface area (Å²) in [5.41, 5.74) is 1.04. The molecule has 1 aromatic heterocycles. The van der Waals surface area contributed by atoms with Crippen LogP contribution in [0.5, 0.6) is 0 Å². The summed E-state index contributed by atoms with van der Waals surface area (Å²) >= 11 is 1.36. The van der Waals surface area contributed by atoms with Gasteiger partial charge < -0.3 is 10.2 Å². The number of piperidine rings is 1. The Balaban J connectivity index is 1.18. The number of likely N-dealkylation sites (tertiary alicyclic amines) is 1. The fourth-order valence-electron chi connectivity index (χ4n) is 4.74. The van der Waals surface area contributed by atoms with E-state index in [0.717, 1.165) is 18.2 Å². The van der Waals surface area contributed by atoms with E-state index in [4.69, 9.17) is 0 Å². The van der Waals surface area contributed by atoms with E-state index in [2.05, 4.69) is 10.3 Å². The number of benzene rings is 2. The smallest absolute Gasteiger partial charge is 0.261 e. The molecule has 3 aromatic rings. The first-order valence-corrected chi connectivity index (χ1v) is 12.3. The van der Waals surface area contributed by atoms with Crippen LogP contribution >= 0.6 is 11.3 Å². The molecule has 0 aliphatic carbocycles. The van der Waals surface area contributed by atoms with Crippen molar-refractivity contribution in [2.75, 3.05) is 25.0 Å². The fourth-order valence-corrected chi connectivity index (χ4v) is 5.27. The van der Waals surface area contributed by atoms with E-state index < -0.39 is 0 Å². The molecule has 5 rings (SSSR count). The third-order valence-corrected chi connectivity index (χ3v) is 7.12. The van der Waals surface area contributed by atoms with E-state index in [-0.39, 0.29) is 42.5 Å². The lowest BCUT2D eigenvalue weighted by atomic mass is 9.94. The Labute approximate surface area is 200 Å². The van der Waals surface area contributed by atoms with Gasteiger partial charge in [-0.15, -0.1) is 11.3 Å². The van der Waals surface area contributed by atoms with Gasteiger partial charge in [0, 0.05) is 54.1 Å². The van der Waals surface area contributed by atoms with Gasteiger partial charge in [-0.2, -0.15) is 0 Å². The second kappa shape index (κ2) is 9.34. The number of carbonyl (C=O) groups is 4. The first-order valence-electron chi connectivity index (χ1n) is 11.4. The molecule has 2 aliphatic rings. The maximum Gasteiger partial charge on any atom is 0.261 e. The molecule has 1 fully saturated rings. The zero-order valence-electron chi connectivity index (χ0n) is 18.5. The standard InChI is InChI=1S/C25H24N4O4S/c30-20(28-12-3-7-17(15-28)22(31)27-25-26-11-14-34-25)10-4-13-29-23(32)18-8-1-5-16-6-2-9-19(21(16)18)24(29)33/h1-2,5-6,8-9,11,14,17H,3-4,7,10,12-13,15H2,(H,26,27,31). The number of imide groups is 1. The lowest BCUT2D eigenvalue weighted by Crippen LogP contribution is -2.44. The maximum absolute atomic E-state index is 13.0. The van der Waals surface area contributed by atoms with Crippen molar-refractivity contribution in [3.8, 4) is 0 Å². The number of hydrogen-bond acceptors (Lipinski definition) is 6. The van der Waals surface area contributed by atoms with Crippen molar-refractivity contribution >= 4 is 50.9 Å². The Hall–Kier alpha value is -3.59. The minimum absolute atomic E-state index is 0.0637. The molecule has 0 saturated carbocycles. The minimum Gasteiger partial charge on any atom is -0.342 e. The molecule has 1 N–H and O–H groups in total. The van der Waals surface area contributed by atoms with Crippen LogP contribution in [-0.4, -0.2) is 58.0 Å². The number of aromatic nitrogens is 1. The number of rotatable bonds is 6. The van der Waals surface area contributed by atoms with Gasteiger partial charge in [-0.1, -0.05) is 24.3 Å². The topological polar surface area (TPSA) is 99.7 Å². The molecule has 34 heavy (non-hydrogen) atoms. The Morgan fingerprint density at radius 3 is 2.50 bits per heavy atom. The highest BCUT2D eigenvalue weighted by molar-refractivity contribution is 7.13. The maximum atomic E-state index is 13.0. The van der Waals surface area contributed by atoms with Crippen molar-refractivity contribution in [2.24, 2.45) is 5.92 Å². The highest BCUT2D eigenvalue weighted by atomic mass is 32.1. The average Bonchev–Trinajstić information content (AvgIpc) is 3.37. The molecule has 3 heterocycles. The molecule has 1 unspecified atom stereocenters. The molecule has 0 bridgehead atoms. The third kappa shape index (κ3) is 4.19. The van der Waals surface area contributed by atoms with Gasteiger partial charge in [0.05, 0.1) is 5.92 Å². The van der Waals surface area contributed by atoms with Gasteiger partial charge in [-0.05, 0) is 36.8 Å². The van der Waals surface area contributed by atoms with Crippen molar-refractivity contribution < 1.29 is 19.2 Å². The van der Waals surface area contributed by atoms with Crippen LogP contribution < -0.4 is 5.32 Å².